The molecule has 0 spiro atoms. The fourth-order valence-electron chi connectivity index (χ4n) is 3.27. The number of nitrogens with one attached hydrogen (secondary N) is 1. The molecule has 6 nitrogen and oxygen atoms in total. The maximum absolute atomic E-state index is 12.7. The largest absolute Gasteiger partial charge is 0.392 e. The summed E-state index contributed by atoms with van der Waals surface area (Å²) in [6.07, 6.45) is 1.91. The van der Waals surface area contributed by atoms with Crippen LogP contribution in [0.25, 0.3) is 5.69 Å². The zero-order valence-electron chi connectivity index (χ0n) is 13.9. The van der Waals surface area contributed by atoms with E-state index in [2.05, 4.69) is 9.82 Å². The van der Waals surface area contributed by atoms with Gasteiger partial charge >= 0.3 is 0 Å². The molecular formula is C17H23N3O3S. The van der Waals surface area contributed by atoms with Crippen LogP contribution >= 0.6 is 0 Å². The fraction of sp³-hybridized carbons (Fsp3) is 0.471. The molecule has 0 saturated heterocycles. The number of nitrogens with zero attached hydrogens (tertiary/aromatic N) is 2. The molecule has 1 aliphatic rings. The third-order valence-electron chi connectivity index (χ3n) is 4.60. The van der Waals surface area contributed by atoms with Crippen LogP contribution in [0, 0.1) is 13.8 Å². The average Bonchev–Trinajstić information content (AvgIpc) is 2.84. The zero-order valence-corrected chi connectivity index (χ0v) is 14.8. The Hall–Kier alpha value is -1.86. The number of aryl methyl sites for hydroxylation is 1. The molecule has 7 heteroatoms. The summed E-state index contributed by atoms with van der Waals surface area (Å²) in [7, 11) is -3.65. The van der Waals surface area contributed by atoms with E-state index in [0.29, 0.717) is 24.2 Å². The molecule has 1 aromatic heterocycles. The van der Waals surface area contributed by atoms with Crippen LogP contribution in [0.1, 0.15) is 37.1 Å². The second-order valence-electron chi connectivity index (χ2n) is 6.33. The molecule has 2 N–H and O–H groups in total. The van der Waals surface area contributed by atoms with E-state index in [4.69, 9.17) is 0 Å². The predicted molar refractivity (Wildman–Crippen MR) is 93.8 cm³/mol. The number of anilines is 1. The van der Waals surface area contributed by atoms with Crippen LogP contribution in [-0.2, 0) is 10.0 Å². The lowest BCUT2D eigenvalue weighted by Crippen LogP contribution is -2.40. The van der Waals surface area contributed by atoms with Crippen molar-refractivity contribution in [3.63, 3.8) is 0 Å². The lowest BCUT2D eigenvalue weighted by molar-refractivity contribution is 0.133. The summed E-state index contributed by atoms with van der Waals surface area (Å²) >= 11 is 0. The second-order valence-corrected chi connectivity index (χ2v) is 8.23. The highest BCUT2D eigenvalue weighted by Crippen LogP contribution is 2.29. The first-order chi connectivity index (χ1) is 11.4. The van der Waals surface area contributed by atoms with Gasteiger partial charge in [-0.15, -0.1) is 0 Å². The molecule has 0 amide bonds. The molecule has 1 aliphatic carbocycles. The van der Waals surface area contributed by atoms with Crippen LogP contribution in [0.5, 0.6) is 0 Å². The Balaban J connectivity index is 1.92. The fourth-order valence-corrected chi connectivity index (χ4v) is 5.03. The summed E-state index contributed by atoms with van der Waals surface area (Å²) in [6, 6.07) is 9.58. The van der Waals surface area contributed by atoms with Gasteiger partial charge in [0.25, 0.3) is 0 Å². The van der Waals surface area contributed by atoms with Crippen LogP contribution in [0.15, 0.2) is 30.3 Å². The van der Waals surface area contributed by atoms with Crippen molar-refractivity contribution in [3.05, 3.63) is 41.7 Å². The Morgan fingerprint density at radius 1 is 1.17 bits per heavy atom. The minimum absolute atomic E-state index is 0.488. The number of aliphatic hydroxyl groups excluding tert-OH is 1. The van der Waals surface area contributed by atoms with Gasteiger partial charge in [-0.2, -0.15) is 5.10 Å². The van der Waals surface area contributed by atoms with Gasteiger partial charge in [0.05, 0.1) is 28.9 Å². The Morgan fingerprint density at radius 3 is 2.50 bits per heavy atom. The minimum atomic E-state index is -3.65. The first-order valence-electron chi connectivity index (χ1n) is 8.21. The van der Waals surface area contributed by atoms with Crippen molar-refractivity contribution in [3.8, 4) is 5.69 Å². The summed E-state index contributed by atoms with van der Waals surface area (Å²) in [4.78, 5) is 0. The van der Waals surface area contributed by atoms with E-state index in [-0.39, 0.29) is 0 Å². The van der Waals surface area contributed by atoms with Gasteiger partial charge in [0.1, 0.15) is 5.25 Å². The van der Waals surface area contributed by atoms with Crippen LogP contribution in [-0.4, -0.2) is 34.7 Å². The highest BCUT2D eigenvalue weighted by Gasteiger charge is 2.35. The lowest BCUT2D eigenvalue weighted by atomic mass is 9.97. The summed E-state index contributed by atoms with van der Waals surface area (Å²) in [5.41, 5.74) is 2.72. The summed E-state index contributed by atoms with van der Waals surface area (Å²) in [6.45, 7) is 3.61. The number of aromatic nitrogens is 2. The number of rotatable bonds is 4. The Morgan fingerprint density at radius 2 is 1.83 bits per heavy atom. The smallest absolute Gasteiger partial charge is 0.238 e. The molecule has 2 aromatic rings. The molecule has 1 saturated carbocycles. The van der Waals surface area contributed by atoms with E-state index >= 15 is 0 Å². The third-order valence-corrected chi connectivity index (χ3v) is 6.44. The Labute approximate surface area is 142 Å². The molecule has 1 fully saturated rings. The standard InChI is InChI=1S/C17H23N3O3S/c1-12-17(13(2)20(18-12)14-8-4-3-5-9-14)19-24(22,23)16-11-7-6-10-15(16)21/h3-5,8-9,15-16,19,21H,6-7,10-11H2,1-2H3/t15-,16+/m0/s1. The van der Waals surface area contributed by atoms with Crippen molar-refractivity contribution < 1.29 is 13.5 Å². The van der Waals surface area contributed by atoms with Crippen LogP contribution in [0.3, 0.4) is 0 Å². The van der Waals surface area contributed by atoms with Crippen molar-refractivity contribution in [2.24, 2.45) is 0 Å². The van der Waals surface area contributed by atoms with Crippen molar-refractivity contribution in [2.75, 3.05) is 4.72 Å². The molecule has 130 valence electrons. The van der Waals surface area contributed by atoms with E-state index in [1.165, 1.54) is 0 Å². The van der Waals surface area contributed by atoms with Gasteiger partial charge in [-0.25, -0.2) is 13.1 Å². The molecule has 0 unspecified atom stereocenters. The van der Waals surface area contributed by atoms with Crippen LogP contribution < -0.4 is 4.72 Å². The SMILES string of the molecule is Cc1nn(-c2ccccc2)c(C)c1NS(=O)(=O)[C@@H]1CCCC[C@@H]1O. The van der Waals surface area contributed by atoms with Gasteiger partial charge in [0.2, 0.25) is 10.0 Å². The first kappa shape index (κ1) is 17.0. The molecule has 0 radical (unpaired) electrons. The Bertz CT molecular complexity index is 815. The normalized spacial score (nSPS) is 21.6. The number of benzene rings is 1. The summed E-state index contributed by atoms with van der Waals surface area (Å²) in [5, 5.41) is 13.8. The lowest BCUT2D eigenvalue weighted by Gasteiger charge is -2.27. The van der Waals surface area contributed by atoms with Crippen molar-refractivity contribution in [1.29, 1.82) is 0 Å². The van der Waals surface area contributed by atoms with E-state index in [1.807, 2.05) is 37.3 Å². The van der Waals surface area contributed by atoms with Crippen molar-refractivity contribution >= 4 is 15.7 Å². The van der Waals surface area contributed by atoms with Crippen molar-refractivity contribution in [1.82, 2.24) is 9.78 Å². The molecule has 0 bridgehead atoms. The molecule has 24 heavy (non-hydrogen) atoms. The first-order valence-corrected chi connectivity index (χ1v) is 9.76. The number of hydrogen-bond donors (Lipinski definition) is 2. The predicted octanol–water partition coefficient (Wildman–Crippen LogP) is 2.53. The summed E-state index contributed by atoms with van der Waals surface area (Å²) < 4.78 is 29.8. The number of sulfonamides is 1. The van der Waals surface area contributed by atoms with E-state index in [0.717, 1.165) is 24.2 Å². The van der Waals surface area contributed by atoms with Crippen LogP contribution in [0.2, 0.25) is 0 Å². The quantitative estimate of drug-likeness (QED) is 0.888. The molecule has 1 heterocycles. The van der Waals surface area contributed by atoms with E-state index in [9.17, 15) is 13.5 Å². The monoisotopic (exact) mass is 349 g/mol. The third kappa shape index (κ3) is 3.18. The molecule has 3 rings (SSSR count). The maximum Gasteiger partial charge on any atom is 0.238 e. The van der Waals surface area contributed by atoms with E-state index < -0.39 is 21.4 Å². The maximum atomic E-state index is 12.7. The molecule has 1 aromatic carbocycles. The highest BCUT2D eigenvalue weighted by molar-refractivity contribution is 7.93. The van der Waals surface area contributed by atoms with Gasteiger partial charge in [-0.3, -0.25) is 4.72 Å². The average molecular weight is 349 g/mol. The second kappa shape index (κ2) is 6.57. The number of aliphatic hydroxyl groups is 1. The van der Waals surface area contributed by atoms with Gasteiger partial charge in [0, 0.05) is 0 Å². The Kier molecular flexibility index (Phi) is 4.64. The molecular weight excluding hydrogens is 326 g/mol. The highest BCUT2D eigenvalue weighted by atomic mass is 32.2. The van der Waals surface area contributed by atoms with Crippen LogP contribution in [0.4, 0.5) is 5.69 Å². The zero-order chi connectivity index (χ0) is 17.3. The van der Waals surface area contributed by atoms with Gasteiger partial charge in [0.15, 0.2) is 0 Å². The van der Waals surface area contributed by atoms with Gasteiger partial charge in [-0.1, -0.05) is 31.0 Å². The summed E-state index contributed by atoms with van der Waals surface area (Å²) in [5.74, 6) is 0. The van der Waals surface area contributed by atoms with Crippen molar-refractivity contribution in [2.45, 2.75) is 50.9 Å². The topological polar surface area (TPSA) is 84.2 Å². The molecule has 0 aliphatic heterocycles. The number of para-hydroxylation sites is 1. The number of hydrogen-bond acceptors (Lipinski definition) is 4. The minimum Gasteiger partial charge on any atom is -0.392 e. The molecule has 2 atom stereocenters. The van der Waals surface area contributed by atoms with Gasteiger partial charge in [-0.05, 0) is 38.8 Å². The van der Waals surface area contributed by atoms with E-state index in [1.54, 1.807) is 11.6 Å². The van der Waals surface area contributed by atoms with Gasteiger partial charge < -0.3 is 5.11 Å².